The lowest BCUT2D eigenvalue weighted by molar-refractivity contribution is 0.592. The Labute approximate surface area is 142 Å². The fourth-order valence-corrected chi connectivity index (χ4v) is 4.61. The van der Waals surface area contributed by atoms with E-state index >= 15 is 0 Å². The Morgan fingerprint density at radius 1 is 1.17 bits per heavy atom. The third kappa shape index (κ3) is 2.11. The molecule has 1 aromatic heterocycles. The number of nitrogen functional groups attached to an aromatic ring is 1. The average Bonchev–Trinajstić information content (AvgIpc) is 3.11. The normalized spacial score (nSPS) is 30.8. The number of hydrogen-bond acceptors (Lipinski definition) is 5. The zero-order valence-corrected chi connectivity index (χ0v) is 13.8. The molecule has 2 heterocycles. The summed E-state index contributed by atoms with van der Waals surface area (Å²) in [6, 6.07) is 10.6. The summed E-state index contributed by atoms with van der Waals surface area (Å²) >= 11 is 0. The Morgan fingerprint density at radius 2 is 2.00 bits per heavy atom. The molecule has 1 aromatic carbocycles. The van der Waals surface area contributed by atoms with E-state index in [0.29, 0.717) is 17.8 Å². The van der Waals surface area contributed by atoms with Gasteiger partial charge >= 0.3 is 0 Å². The molecule has 3 atom stereocenters. The third-order valence-electron chi connectivity index (χ3n) is 5.99. The number of anilines is 2. The van der Waals surface area contributed by atoms with Crippen LogP contribution in [-0.2, 0) is 6.42 Å². The third-order valence-corrected chi connectivity index (χ3v) is 5.99. The maximum absolute atomic E-state index is 6.40. The highest BCUT2D eigenvalue weighted by Crippen LogP contribution is 2.49. The molecule has 0 spiro atoms. The van der Waals surface area contributed by atoms with E-state index in [4.69, 9.17) is 11.5 Å². The molecule has 0 bridgehead atoms. The molecule has 2 unspecified atom stereocenters. The van der Waals surface area contributed by atoms with Gasteiger partial charge in [0.2, 0.25) is 5.95 Å². The molecule has 24 heavy (non-hydrogen) atoms. The monoisotopic (exact) mass is 321 g/mol. The summed E-state index contributed by atoms with van der Waals surface area (Å²) in [5.41, 5.74) is 16.2. The van der Waals surface area contributed by atoms with E-state index in [2.05, 4.69) is 45.2 Å². The highest BCUT2D eigenvalue weighted by Gasteiger charge is 2.57. The molecule has 2 aliphatic carbocycles. The van der Waals surface area contributed by atoms with Crippen LogP contribution < -0.4 is 16.4 Å². The SMILES string of the molecule is Nc1nc2c(c(N3CC4C[C@]4(N)C3)n1)CCCC2c1ccccc1. The van der Waals surface area contributed by atoms with Crippen LogP contribution in [0.3, 0.4) is 0 Å². The molecule has 3 aliphatic rings. The van der Waals surface area contributed by atoms with Crippen molar-refractivity contribution < 1.29 is 0 Å². The minimum atomic E-state index is 0.0140. The molecular weight excluding hydrogens is 298 g/mol. The van der Waals surface area contributed by atoms with Crippen molar-refractivity contribution in [3.8, 4) is 0 Å². The maximum Gasteiger partial charge on any atom is 0.222 e. The zero-order chi connectivity index (χ0) is 16.3. The van der Waals surface area contributed by atoms with Crippen LogP contribution in [0.2, 0.25) is 0 Å². The largest absolute Gasteiger partial charge is 0.368 e. The maximum atomic E-state index is 6.40. The zero-order valence-electron chi connectivity index (χ0n) is 13.8. The lowest BCUT2D eigenvalue weighted by Crippen LogP contribution is -2.35. The molecule has 2 fully saturated rings. The predicted octanol–water partition coefficient (Wildman–Crippen LogP) is 2.06. The van der Waals surface area contributed by atoms with Crippen molar-refractivity contribution in [2.75, 3.05) is 23.7 Å². The summed E-state index contributed by atoms with van der Waals surface area (Å²) in [5.74, 6) is 2.37. The van der Waals surface area contributed by atoms with Crippen molar-refractivity contribution in [3.63, 3.8) is 0 Å². The topological polar surface area (TPSA) is 81.1 Å². The fourth-order valence-electron chi connectivity index (χ4n) is 4.61. The van der Waals surface area contributed by atoms with E-state index in [0.717, 1.165) is 50.3 Å². The number of benzene rings is 1. The molecule has 5 heteroatoms. The number of nitrogens with two attached hydrogens (primary N) is 2. The van der Waals surface area contributed by atoms with Gasteiger partial charge in [0.1, 0.15) is 5.82 Å². The van der Waals surface area contributed by atoms with Gasteiger partial charge in [0.05, 0.1) is 5.69 Å². The summed E-state index contributed by atoms with van der Waals surface area (Å²) in [5, 5.41) is 0. The Balaban J connectivity index is 1.58. The van der Waals surface area contributed by atoms with Crippen molar-refractivity contribution in [2.45, 2.75) is 37.1 Å². The smallest absolute Gasteiger partial charge is 0.222 e. The Kier molecular flexibility index (Phi) is 2.92. The van der Waals surface area contributed by atoms with Crippen molar-refractivity contribution in [2.24, 2.45) is 11.7 Å². The molecule has 5 nitrogen and oxygen atoms in total. The minimum Gasteiger partial charge on any atom is -0.368 e. The quantitative estimate of drug-likeness (QED) is 0.885. The Hall–Kier alpha value is -2.14. The molecular formula is C19H23N5. The van der Waals surface area contributed by atoms with Gasteiger partial charge in [-0.05, 0) is 37.2 Å². The minimum absolute atomic E-state index is 0.0140. The van der Waals surface area contributed by atoms with Gasteiger partial charge in [-0.25, -0.2) is 4.98 Å². The summed E-state index contributed by atoms with van der Waals surface area (Å²) in [4.78, 5) is 11.6. The molecule has 4 N–H and O–H groups in total. The number of rotatable bonds is 2. The van der Waals surface area contributed by atoms with E-state index in [-0.39, 0.29) is 5.54 Å². The molecule has 2 aromatic rings. The van der Waals surface area contributed by atoms with Gasteiger partial charge in [0, 0.05) is 30.1 Å². The first-order chi connectivity index (χ1) is 11.6. The number of nitrogens with zero attached hydrogens (tertiary/aromatic N) is 3. The van der Waals surface area contributed by atoms with Crippen LogP contribution in [0.4, 0.5) is 11.8 Å². The average molecular weight is 321 g/mol. The van der Waals surface area contributed by atoms with Crippen LogP contribution in [0.15, 0.2) is 30.3 Å². The standard InChI is InChI=1S/C19H23N5/c20-18-22-16-14(12-5-2-1-3-6-12)7-4-8-15(16)17(23-18)24-10-13-9-19(13,21)11-24/h1-3,5-6,13-14H,4,7-11,21H2,(H2,20,22,23)/t13?,14?,19-/m0/s1. The second-order valence-electron chi connectivity index (χ2n) is 7.64. The van der Waals surface area contributed by atoms with Crippen LogP contribution in [0.5, 0.6) is 0 Å². The van der Waals surface area contributed by atoms with Gasteiger partial charge in [-0.15, -0.1) is 0 Å². The molecule has 5 rings (SSSR count). The van der Waals surface area contributed by atoms with E-state index in [9.17, 15) is 0 Å². The van der Waals surface area contributed by atoms with Crippen molar-refractivity contribution >= 4 is 11.8 Å². The summed E-state index contributed by atoms with van der Waals surface area (Å²) in [6.45, 7) is 1.91. The first-order valence-electron chi connectivity index (χ1n) is 8.89. The lowest BCUT2D eigenvalue weighted by atomic mass is 9.82. The molecule has 1 aliphatic heterocycles. The van der Waals surface area contributed by atoms with Gasteiger partial charge in [-0.3, -0.25) is 0 Å². The molecule has 0 radical (unpaired) electrons. The lowest BCUT2D eigenvalue weighted by Gasteiger charge is -2.30. The highest BCUT2D eigenvalue weighted by molar-refractivity contribution is 5.57. The molecule has 124 valence electrons. The van der Waals surface area contributed by atoms with Gasteiger partial charge < -0.3 is 16.4 Å². The van der Waals surface area contributed by atoms with E-state index in [1.807, 2.05) is 0 Å². The highest BCUT2D eigenvalue weighted by atomic mass is 15.3. The van der Waals surface area contributed by atoms with Crippen LogP contribution in [0.1, 0.15) is 42.0 Å². The van der Waals surface area contributed by atoms with E-state index in [1.54, 1.807) is 0 Å². The molecule has 1 saturated heterocycles. The summed E-state index contributed by atoms with van der Waals surface area (Å²) < 4.78 is 0. The van der Waals surface area contributed by atoms with Crippen LogP contribution in [0.25, 0.3) is 0 Å². The van der Waals surface area contributed by atoms with E-state index < -0.39 is 0 Å². The second kappa shape index (κ2) is 4.93. The number of hydrogen-bond donors (Lipinski definition) is 2. The predicted molar refractivity (Wildman–Crippen MR) is 94.9 cm³/mol. The first-order valence-corrected chi connectivity index (χ1v) is 8.89. The van der Waals surface area contributed by atoms with Crippen LogP contribution >= 0.6 is 0 Å². The van der Waals surface area contributed by atoms with Crippen molar-refractivity contribution in [1.29, 1.82) is 0 Å². The van der Waals surface area contributed by atoms with Crippen molar-refractivity contribution in [1.82, 2.24) is 9.97 Å². The number of piperidine rings is 1. The van der Waals surface area contributed by atoms with E-state index in [1.165, 1.54) is 11.1 Å². The van der Waals surface area contributed by atoms with Crippen LogP contribution in [0, 0.1) is 5.92 Å². The second-order valence-corrected chi connectivity index (χ2v) is 7.64. The number of fused-ring (bicyclic) bond motifs is 2. The van der Waals surface area contributed by atoms with Gasteiger partial charge in [0.25, 0.3) is 0 Å². The summed E-state index contributed by atoms with van der Waals surface area (Å²) in [7, 11) is 0. The van der Waals surface area contributed by atoms with Gasteiger partial charge in [0.15, 0.2) is 0 Å². The number of aromatic nitrogens is 2. The van der Waals surface area contributed by atoms with Gasteiger partial charge in [-0.2, -0.15) is 4.98 Å². The van der Waals surface area contributed by atoms with Gasteiger partial charge in [-0.1, -0.05) is 30.3 Å². The Bertz CT molecular complexity index is 790. The molecule has 0 amide bonds. The van der Waals surface area contributed by atoms with Crippen molar-refractivity contribution in [3.05, 3.63) is 47.2 Å². The van der Waals surface area contributed by atoms with Crippen LogP contribution in [-0.4, -0.2) is 28.6 Å². The fraction of sp³-hybridized carbons (Fsp3) is 0.474. The molecule has 1 saturated carbocycles. The first kappa shape index (κ1) is 14.2. The Morgan fingerprint density at radius 3 is 2.75 bits per heavy atom. The summed E-state index contributed by atoms with van der Waals surface area (Å²) in [6.07, 6.45) is 4.47.